The third-order valence-corrected chi connectivity index (χ3v) is 2.55. The number of hydrogen-bond acceptors (Lipinski definition) is 5. The van der Waals surface area contributed by atoms with Crippen LogP contribution in [-0.2, 0) is 25.5 Å². The number of cyclic esters (lactones) is 1. The molecule has 5 nitrogen and oxygen atoms in total. The van der Waals surface area contributed by atoms with E-state index in [4.69, 9.17) is 15.2 Å². The molecule has 0 saturated carbocycles. The van der Waals surface area contributed by atoms with E-state index in [1.54, 1.807) is 24.3 Å². The molecule has 0 amide bonds. The second-order valence-electron chi connectivity index (χ2n) is 3.81. The van der Waals surface area contributed by atoms with Crippen molar-refractivity contribution < 1.29 is 19.1 Å². The lowest BCUT2D eigenvalue weighted by Crippen LogP contribution is -2.23. The molecule has 1 atom stereocenters. The Hall–Kier alpha value is -2.04. The van der Waals surface area contributed by atoms with E-state index in [-0.39, 0.29) is 6.42 Å². The molecule has 1 aliphatic rings. The number of carbonyl (C=O) groups is 2. The minimum atomic E-state index is -0.757. The number of ether oxygens (including phenoxy) is 2. The summed E-state index contributed by atoms with van der Waals surface area (Å²) in [5.74, 6) is -0.939. The SMILES string of the molecule is Nc1ccccc1CC(=O)OC1CCOC1=O. The van der Waals surface area contributed by atoms with E-state index < -0.39 is 18.0 Å². The van der Waals surface area contributed by atoms with Crippen LogP contribution in [0.25, 0.3) is 0 Å². The molecule has 1 aliphatic heterocycles. The molecular formula is C12H13NO4. The lowest BCUT2D eigenvalue weighted by molar-refractivity contribution is -0.159. The van der Waals surface area contributed by atoms with Gasteiger partial charge in [0.1, 0.15) is 0 Å². The van der Waals surface area contributed by atoms with Crippen LogP contribution in [0.5, 0.6) is 0 Å². The first-order chi connectivity index (χ1) is 8.16. The maximum atomic E-state index is 11.6. The fraction of sp³-hybridized carbons (Fsp3) is 0.333. The third kappa shape index (κ3) is 2.75. The summed E-state index contributed by atoms with van der Waals surface area (Å²) in [7, 11) is 0. The van der Waals surface area contributed by atoms with Crippen LogP contribution in [0.3, 0.4) is 0 Å². The first-order valence-corrected chi connectivity index (χ1v) is 5.36. The van der Waals surface area contributed by atoms with Crippen LogP contribution in [0.4, 0.5) is 5.69 Å². The largest absolute Gasteiger partial charge is 0.463 e. The molecule has 0 radical (unpaired) electrons. The summed E-state index contributed by atoms with van der Waals surface area (Å²) in [5, 5.41) is 0. The van der Waals surface area contributed by atoms with Gasteiger partial charge in [-0.05, 0) is 11.6 Å². The van der Waals surface area contributed by atoms with Crippen LogP contribution in [0.2, 0.25) is 0 Å². The molecule has 1 aromatic rings. The average molecular weight is 235 g/mol. The summed E-state index contributed by atoms with van der Waals surface area (Å²) in [6.07, 6.45) is -0.266. The van der Waals surface area contributed by atoms with Crippen molar-refractivity contribution >= 4 is 17.6 Å². The van der Waals surface area contributed by atoms with E-state index in [0.29, 0.717) is 24.3 Å². The molecule has 0 bridgehead atoms. The van der Waals surface area contributed by atoms with Crippen molar-refractivity contribution in [3.8, 4) is 0 Å². The van der Waals surface area contributed by atoms with Gasteiger partial charge >= 0.3 is 11.9 Å². The van der Waals surface area contributed by atoms with Gasteiger partial charge in [0, 0.05) is 12.1 Å². The number of hydrogen-bond donors (Lipinski definition) is 1. The smallest absolute Gasteiger partial charge is 0.347 e. The van der Waals surface area contributed by atoms with Crippen LogP contribution in [0.15, 0.2) is 24.3 Å². The van der Waals surface area contributed by atoms with Crippen molar-refractivity contribution in [2.45, 2.75) is 18.9 Å². The van der Waals surface area contributed by atoms with Gasteiger partial charge in [0.05, 0.1) is 13.0 Å². The Labute approximate surface area is 98.5 Å². The lowest BCUT2D eigenvalue weighted by Gasteiger charge is -2.09. The van der Waals surface area contributed by atoms with Crippen molar-refractivity contribution in [2.75, 3.05) is 12.3 Å². The second kappa shape index (κ2) is 4.86. The van der Waals surface area contributed by atoms with Gasteiger partial charge in [-0.25, -0.2) is 4.79 Å². The Morgan fingerprint density at radius 3 is 2.88 bits per heavy atom. The minimum absolute atomic E-state index is 0.0659. The fourth-order valence-electron chi connectivity index (χ4n) is 1.64. The predicted molar refractivity (Wildman–Crippen MR) is 60.0 cm³/mol. The lowest BCUT2D eigenvalue weighted by atomic mass is 10.1. The molecule has 1 unspecified atom stereocenters. The van der Waals surface area contributed by atoms with Gasteiger partial charge in [0.15, 0.2) is 0 Å². The summed E-state index contributed by atoms with van der Waals surface area (Å²) >= 11 is 0. The number of nitrogen functional groups attached to an aromatic ring is 1. The standard InChI is InChI=1S/C12H13NO4/c13-9-4-2-1-3-8(9)7-11(14)17-10-5-6-16-12(10)15/h1-4,10H,5-7,13H2. The summed E-state index contributed by atoms with van der Waals surface area (Å²) in [6, 6.07) is 7.05. The van der Waals surface area contributed by atoms with Crippen LogP contribution in [-0.4, -0.2) is 24.6 Å². The van der Waals surface area contributed by atoms with Crippen molar-refractivity contribution in [2.24, 2.45) is 0 Å². The normalized spacial score (nSPS) is 18.8. The highest BCUT2D eigenvalue weighted by atomic mass is 16.6. The Morgan fingerprint density at radius 2 is 2.24 bits per heavy atom. The first-order valence-electron chi connectivity index (χ1n) is 5.36. The average Bonchev–Trinajstić information content (AvgIpc) is 2.68. The summed E-state index contributed by atoms with van der Waals surface area (Å²) < 4.78 is 9.71. The molecule has 5 heteroatoms. The Morgan fingerprint density at radius 1 is 1.47 bits per heavy atom. The third-order valence-electron chi connectivity index (χ3n) is 2.55. The van der Waals surface area contributed by atoms with E-state index >= 15 is 0 Å². The van der Waals surface area contributed by atoms with E-state index in [1.807, 2.05) is 0 Å². The molecule has 0 aliphatic carbocycles. The Kier molecular flexibility index (Phi) is 3.27. The molecule has 0 spiro atoms. The van der Waals surface area contributed by atoms with Crippen LogP contribution < -0.4 is 5.73 Å². The fourth-order valence-corrected chi connectivity index (χ4v) is 1.64. The number of nitrogens with two attached hydrogens (primary N) is 1. The highest BCUT2D eigenvalue weighted by molar-refractivity contribution is 5.82. The van der Waals surface area contributed by atoms with E-state index in [9.17, 15) is 9.59 Å². The van der Waals surface area contributed by atoms with Crippen molar-refractivity contribution in [1.29, 1.82) is 0 Å². The molecule has 17 heavy (non-hydrogen) atoms. The number of anilines is 1. The van der Waals surface area contributed by atoms with Crippen molar-refractivity contribution in [3.05, 3.63) is 29.8 Å². The highest BCUT2D eigenvalue weighted by Gasteiger charge is 2.30. The summed E-state index contributed by atoms with van der Waals surface area (Å²) in [5.41, 5.74) is 6.94. The zero-order chi connectivity index (χ0) is 12.3. The Balaban J connectivity index is 1.93. The molecule has 2 N–H and O–H groups in total. The van der Waals surface area contributed by atoms with Gasteiger partial charge in [0.25, 0.3) is 0 Å². The number of rotatable bonds is 3. The van der Waals surface area contributed by atoms with Crippen LogP contribution in [0.1, 0.15) is 12.0 Å². The number of carbonyl (C=O) groups excluding carboxylic acids is 2. The number of para-hydroxylation sites is 1. The molecular weight excluding hydrogens is 222 g/mol. The molecule has 2 rings (SSSR count). The molecule has 90 valence electrons. The van der Waals surface area contributed by atoms with E-state index in [2.05, 4.69) is 0 Å². The maximum Gasteiger partial charge on any atom is 0.347 e. The van der Waals surface area contributed by atoms with E-state index in [0.717, 1.165) is 0 Å². The Bertz CT molecular complexity index is 444. The molecule has 1 fully saturated rings. The number of benzene rings is 1. The monoisotopic (exact) mass is 235 g/mol. The zero-order valence-electron chi connectivity index (χ0n) is 9.22. The van der Waals surface area contributed by atoms with E-state index in [1.165, 1.54) is 0 Å². The van der Waals surface area contributed by atoms with Gasteiger partial charge in [-0.1, -0.05) is 18.2 Å². The van der Waals surface area contributed by atoms with Crippen LogP contribution in [0, 0.1) is 0 Å². The highest BCUT2D eigenvalue weighted by Crippen LogP contribution is 2.15. The predicted octanol–water partition coefficient (Wildman–Crippen LogP) is 0.670. The molecule has 1 saturated heterocycles. The topological polar surface area (TPSA) is 78.6 Å². The first kappa shape index (κ1) is 11.4. The number of esters is 2. The zero-order valence-corrected chi connectivity index (χ0v) is 9.22. The quantitative estimate of drug-likeness (QED) is 0.615. The maximum absolute atomic E-state index is 11.6. The van der Waals surface area contributed by atoms with Gasteiger partial charge in [-0.2, -0.15) is 0 Å². The molecule has 1 aromatic carbocycles. The van der Waals surface area contributed by atoms with Crippen LogP contribution >= 0.6 is 0 Å². The summed E-state index contributed by atoms with van der Waals surface area (Å²) in [4.78, 5) is 22.7. The molecule has 0 aromatic heterocycles. The van der Waals surface area contributed by atoms with Gasteiger partial charge in [-0.15, -0.1) is 0 Å². The summed E-state index contributed by atoms with van der Waals surface area (Å²) in [6.45, 7) is 0.310. The van der Waals surface area contributed by atoms with Crippen molar-refractivity contribution in [3.63, 3.8) is 0 Å². The minimum Gasteiger partial charge on any atom is -0.463 e. The van der Waals surface area contributed by atoms with Gasteiger partial charge in [0.2, 0.25) is 6.10 Å². The second-order valence-corrected chi connectivity index (χ2v) is 3.81. The molecule has 1 heterocycles. The van der Waals surface area contributed by atoms with Gasteiger partial charge in [-0.3, -0.25) is 4.79 Å². The van der Waals surface area contributed by atoms with Crippen molar-refractivity contribution in [1.82, 2.24) is 0 Å². The van der Waals surface area contributed by atoms with Gasteiger partial charge < -0.3 is 15.2 Å².